The van der Waals surface area contributed by atoms with Gasteiger partial charge in [0.05, 0.1) is 15.7 Å². The maximum Gasteiger partial charge on any atom is 0.227 e. The van der Waals surface area contributed by atoms with Crippen LogP contribution in [0.3, 0.4) is 0 Å². The summed E-state index contributed by atoms with van der Waals surface area (Å²) in [7, 11) is 0. The lowest BCUT2D eigenvalue weighted by atomic mass is 9.95. The van der Waals surface area contributed by atoms with E-state index < -0.39 is 0 Å². The van der Waals surface area contributed by atoms with Gasteiger partial charge in [-0.25, -0.2) is 4.98 Å². The molecule has 2 aliphatic heterocycles. The number of nitrogens with zero attached hydrogens (tertiary/aromatic N) is 3. The van der Waals surface area contributed by atoms with Crippen molar-refractivity contribution in [2.24, 2.45) is 5.92 Å². The maximum atomic E-state index is 12.7. The monoisotopic (exact) mass is 450 g/mol. The zero-order chi connectivity index (χ0) is 20.2. The van der Waals surface area contributed by atoms with E-state index in [2.05, 4.69) is 20.1 Å². The molecule has 29 heavy (non-hydrogen) atoms. The van der Waals surface area contributed by atoms with E-state index in [1.807, 2.05) is 42.1 Å². The highest BCUT2D eigenvalue weighted by Crippen LogP contribution is 2.31. The van der Waals surface area contributed by atoms with Gasteiger partial charge in [-0.15, -0.1) is 0 Å². The Morgan fingerprint density at radius 2 is 1.79 bits per heavy atom. The van der Waals surface area contributed by atoms with Gasteiger partial charge < -0.3 is 15.1 Å². The number of hydrogen-bond donors (Lipinski definition) is 1. The number of anilines is 3. The van der Waals surface area contributed by atoms with Crippen LogP contribution in [0.5, 0.6) is 0 Å². The predicted molar refractivity (Wildman–Crippen MR) is 124 cm³/mol. The lowest BCUT2D eigenvalue weighted by Gasteiger charge is -2.32. The summed E-state index contributed by atoms with van der Waals surface area (Å²) in [5.41, 5.74) is 1.81. The number of hydrogen-bond acceptors (Lipinski definition) is 5. The molecule has 5 nitrogen and oxygen atoms in total. The Kier molecular flexibility index (Phi) is 6.73. The number of carbonyl (C=O) groups excluding carboxylic acids is 1. The van der Waals surface area contributed by atoms with Gasteiger partial charge in [0, 0.05) is 55.5 Å². The number of carbonyl (C=O) groups is 1. The third-order valence-corrected chi connectivity index (χ3v) is 6.94. The van der Waals surface area contributed by atoms with Crippen LogP contribution in [0.4, 0.5) is 17.2 Å². The van der Waals surface area contributed by atoms with Crippen molar-refractivity contribution >= 4 is 58.1 Å². The second kappa shape index (κ2) is 9.45. The average Bonchev–Trinajstić information content (AvgIpc) is 2.75. The zero-order valence-electron chi connectivity index (χ0n) is 16.1. The van der Waals surface area contributed by atoms with Crippen molar-refractivity contribution in [1.82, 2.24) is 4.98 Å². The molecule has 0 bridgehead atoms. The van der Waals surface area contributed by atoms with Crippen LogP contribution in [0.2, 0.25) is 10.0 Å². The highest BCUT2D eigenvalue weighted by molar-refractivity contribution is 7.99. The van der Waals surface area contributed by atoms with Crippen molar-refractivity contribution in [1.29, 1.82) is 0 Å². The molecule has 1 amide bonds. The van der Waals surface area contributed by atoms with Gasteiger partial charge >= 0.3 is 0 Å². The molecule has 2 aromatic rings. The lowest BCUT2D eigenvalue weighted by molar-refractivity contribution is -0.120. The normalized spacial score (nSPS) is 18.0. The highest BCUT2D eigenvalue weighted by Gasteiger charge is 2.26. The summed E-state index contributed by atoms with van der Waals surface area (Å²) in [5, 5.41) is 4.37. The standard InChI is InChI=1S/C21H24Cl2N4OS/c22-16-1-4-20(24-14-16)27-7-5-15(6-8-27)21(28)25-17-2-3-19(18(23)13-17)26-9-11-29-12-10-26/h1-4,13-15H,5-12H2,(H,25,28). The van der Waals surface area contributed by atoms with Crippen molar-refractivity contribution in [3.63, 3.8) is 0 Å². The SMILES string of the molecule is O=C(Nc1ccc(N2CCSCC2)c(Cl)c1)C1CCN(c2ccc(Cl)cn2)CC1. The smallest absolute Gasteiger partial charge is 0.227 e. The van der Waals surface area contributed by atoms with E-state index in [4.69, 9.17) is 23.2 Å². The number of rotatable bonds is 4. The minimum absolute atomic E-state index is 0.00359. The van der Waals surface area contributed by atoms with Gasteiger partial charge in [0.25, 0.3) is 0 Å². The third-order valence-electron chi connectivity index (χ3n) is 5.47. The summed E-state index contributed by atoms with van der Waals surface area (Å²) in [4.78, 5) is 21.6. The second-order valence-electron chi connectivity index (χ2n) is 7.35. The first-order valence-electron chi connectivity index (χ1n) is 9.90. The average molecular weight is 451 g/mol. The Morgan fingerprint density at radius 3 is 2.45 bits per heavy atom. The molecule has 1 N–H and O–H groups in total. The van der Waals surface area contributed by atoms with Crippen LogP contribution in [-0.2, 0) is 4.79 Å². The molecule has 0 saturated carbocycles. The molecule has 154 valence electrons. The van der Waals surface area contributed by atoms with E-state index in [1.165, 1.54) is 0 Å². The molecular weight excluding hydrogens is 427 g/mol. The molecule has 0 atom stereocenters. The highest BCUT2D eigenvalue weighted by atomic mass is 35.5. The van der Waals surface area contributed by atoms with Crippen LogP contribution in [-0.4, -0.2) is 48.6 Å². The summed E-state index contributed by atoms with van der Waals surface area (Å²) >= 11 is 14.4. The fraction of sp³-hybridized carbons (Fsp3) is 0.429. The number of thioether (sulfide) groups is 1. The number of piperidine rings is 1. The van der Waals surface area contributed by atoms with Crippen molar-refractivity contribution < 1.29 is 4.79 Å². The summed E-state index contributed by atoms with van der Waals surface area (Å²) in [6.07, 6.45) is 3.26. The molecule has 0 unspecified atom stereocenters. The van der Waals surface area contributed by atoms with E-state index in [-0.39, 0.29) is 11.8 Å². The Balaban J connectivity index is 1.32. The summed E-state index contributed by atoms with van der Waals surface area (Å²) < 4.78 is 0. The zero-order valence-corrected chi connectivity index (χ0v) is 18.4. The van der Waals surface area contributed by atoms with E-state index in [1.54, 1.807) is 6.20 Å². The van der Waals surface area contributed by atoms with Crippen LogP contribution in [0.15, 0.2) is 36.5 Å². The molecule has 1 aromatic carbocycles. The van der Waals surface area contributed by atoms with Crippen LogP contribution in [0.1, 0.15) is 12.8 Å². The van der Waals surface area contributed by atoms with Gasteiger partial charge in [-0.1, -0.05) is 23.2 Å². The van der Waals surface area contributed by atoms with E-state index >= 15 is 0 Å². The van der Waals surface area contributed by atoms with Crippen molar-refractivity contribution in [3.8, 4) is 0 Å². The molecule has 2 fully saturated rings. The summed E-state index contributed by atoms with van der Waals surface area (Å²) in [6, 6.07) is 9.60. The number of amides is 1. The fourth-order valence-electron chi connectivity index (χ4n) is 3.82. The van der Waals surface area contributed by atoms with Crippen LogP contribution in [0, 0.1) is 5.92 Å². The number of benzene rings is 1. The van der Waals surface area contributed by atoms with E-state index in [9.17, 15) is 4.79 Å². The van der Waals surface area contributed by atoms with Crippen molar-refractivity contribution in [2.75, 3.05) is 52.8 Å². The maximum absolute atomic E-state index is 12.7. The van der Waals surface area contributed by atoms with E-state index in [0.29, 0.717) is 10.0 Å². The largest absolute Gasteiger partial charge is 0.369 e. The van der Waals surface area contributed by atoms with Gasteiger partial charge in [-0.2, -0.15) is 11.8 Å². The first-order valence-corrected chi connectivity index (χ1v) is 11.8. The number of pyridine rings is 1. The quantitative estimate of drug-likeness (QED) is 0.724. The second-order valence-corrected chi connectivity index (χ2v) is 9.42. The molecule has 2 aliphatic rings. The van der Waals surface area contributed by atoms with Crippen LogP contribution < -0.4 is 15.1 Å². The molecule has 4 rings (SSSR count). The van der Waals surface area contributed by atoms with Gasteiger partial charge in [-0.05, 0) is 43.2 Å². The molecule has 3 heterocycles. The van der Waals surface area contributed by atoms with Gasteiger partial charge in [0.2, 0.25) is 5.91 Å². The van der Waals surface area contributed by atoms with Gasteiger partial charge in [0.1, 0.15) is 5.82 Å². The minimum Gasteiger partial charge on any atom is -0.369 e. The third kappa shape index (κ3) is 5.11. The molecule has 0 spiro atoms. The lowest BCUT2D eigenvalue weighted by Crippen LogP contribution is -2.38. The molecule has 8 heteroatoms. The Labute approximate surface area is 185 Å². The minimum atomic E-state index is -0.00359. The first kappa shape index (κ1) is 20.6. The molecule has 0 aliphatic carbocycles. The number of nitrogens with one attached hydrogen (secondary N) is 1. The van der Waals surface area contributed by atoms with E-state index in [0.717, 1.165) is 67.7 Å². The molecule has 0 radical (unpaired) electrons. The molecule has 1 aromatic heterocycles. The molecule has 2 saturated heterocycles. The fourth-order valence-corrected chi connectivity index (χ4v) is 5.13. The number of halogens is 2. The predicted octanol–water partition coefficient (Wildman–Crippen LogP) is 4.80. The molecular formula is C21H24Cl2N4OS. The van der Waals surface area contributed by atoms with Gasteiger partial charge in [0.15, 0.2) is 0 Å². The summed E-state index contributed by atoms with van der Waals surface area (Å²) in [5.74, 6) is 3.22. The Bertz CT molecular complexity index is 850. The van der Waals surface area contributed by atoms with Crippen LogP contribution in [0.25, 0.3) is 0 Å². The summed E-state index contributed by atoms with van der Waals surface area (Å²) in [6.45, 7) is 3.63. The van der Waals surface area contributed by atoms with Crippen LogP contribution >= 0.6 is 35.0 Å². The topological polar surface area (TPSA) is 48.5 Å². The van der Waals surface area contributed by atoms with Crippen molar-refractivity contribution in [2.45, 2.75) is 12.8 Å². The first-order chi connectivity index (χ1) is 14.1. The van der Waals surface area contributed by atoms with Crippen molar-refractivity contribution in [3.05, 3.63) is 46.6 Å². The van der Waals surface area contributed by atoms with Gasteiger partial charge in [-0.3, -0.25) is 4.79 Å². The Hall–Kier alpha value is -1.63. The Morgan fingerprint density at radius 1 is 1.03 bits per heavy atom. The number of aromatic nitrogens is 1.